The third-order valence-electron chi connectivity index (χ3n) is 5.99. The fourth-order valence-electron chi connectivity index (χ4n) is 4.01. The van der Waals surface area contributed by atoms with Crippen LogP contribution < -0.4 is 19.3 Å². The van der Waals surface area contributed by atoms with Gasteiger partial charge in [0.1, 0.15) is 11.6 Å². The van der Waals surface area contributed by atoms with Crippen LogP contribution in [0.3, 0.4) is 0 Å². The van der Waals surface area contributed by atoms with E-state index in [4.69, 9.17) is 14.6 Å². The molecule has 3 aromatic carbocycles. The van der Waals surface area contributed by atoms with Crippen molar-refractivity contribution in [3.05, 3.63) is 78.1 Å². The highest BCUT2D eigenvalue weighted by Crippen LogP contribution is 2.31. The number of carbonyl (C=O) groups is 2. The molecule has 226 valence electrons. The predicted octanol–water partition coefficient (Wildman–Crippen LogP) is 4.68. The summed E-state index contributed by atoms with van der Waals surface area (Å²) in [6.45, 7) is 5.25. The minimum atomic E-state index is -5.08. The second kappa shape index (κ2) is 13.4. The van der Waals surface area contributed by atoms with Crippen molar-refractivity contribution in [3.63, 3.8) is 0 Å². The molecule has 3 aromatic rings. The van der Waals surface area contributed by atoms with Crippen LogP contribution in [0.1, 0.15) is 17.3 Å². The van der Waals surface area contributed by atoms with Crippen LogP contribution in [-0.4, -0.2) is 69.5 Å². The number of rotatable bonds is 8. The molecule has 1 fully saturated rings. The van der Waals surface area contributed by atoms with Gasteiger partial charge in [0.15, 0.2) is 0 Å². The lowest BCUT2D eigenvalue weighted by atomic mass is 10.1. The Morgan fingerprint density at radius 3 is 2.05 bits per heavy atom. The number of para-hydroxylation sites is 2. The number of nitrogens with one attached hydrogen (secondary N) is 1. The van der Waals surface area contributed by atoms with Crippen molar-refractivity contribution < 1.29 is 50.5 Å². The number of carboxylic acids is 2. The topological polar surface area (TPSA) is 136 Å². The van der Waals surface area contributed by atoms with Gasteiger partial charge in [-0.1, -0.05) is 12.1 Å². The van der Waals surface area contributed by atoms with E-state index in [1.165, 1.54) is 12.1 Å². The fourth-order valence-corrected chi connectivity index (χ4v) is 5.09. The SMILES string of the molecule is CCOc1ccccc1N1CCN(c2ccc(NS(=O)(=O)c3ccc(F)cc3)c(C(=O)O)c2)CC1.O=C(O)C(F)(F)F. The van der Waals surface area contributed by atoms with Crippen molar-refractivity contribution in [2.75, 3.05) is 47.3 Å². The number of halogens is 4. The summed E-state index contributed by atoms with van der Waals surface area (Å²) in [4.78, 5) is 25.0. The standard InChI is InChI=1S/C25H26FN3O5S.C2HF3O2/c1-2-34-24-6-4-3-5-23(24)29-15-13-28(14-16-29)19-9-12-22(21(17-19)25(30)31)27-35(32,33)20-10-7-18(26)8-11-20;3-2(4,5)1(6)7/h3-12,17,27H,2,13-16H2,1H3,(H,30,31);(H,6,7). The van der Waals surface area contributed by atoms with Gasteiger partial charge >= 0.3 is 18.1 Å². The van der Waals surface area contributed by atoms with Crippen molar-refractivity contribution in [2.24, 2.45) is 0 Å². The summed E-state index contributed by atoms with van der Waals surface area (Å²) in [5.41, 5.74) is 1.47. The summed E-state index contributed by atoms with van der Waals surface area (Å²) < 4.78 is 78.3. The maximum atomic E-state index is 13.2. The molecule has 1 heterocycles. The second-order valence-corrected chi connectivity index (χ2v) is 10.5. The summed E-state index contributed by atoms with van der Waals surface area (Å²) in [5, 5.41) is 16.9. The molecular formula is C27H27F4N3O7S. The Kier molecular flexibility index (Phi) is 10.2. The average molecular weight is 614 g/mol. The van der Waals surface area contributed by atoms with E-state index in [0.717, 1.165) is 35.7 Å². The Labute approximate surface area is 238 Å². The Balaban J connectivity index is 0.000000616. The zero-order chi connectivity index (χ0) is 31.1. The quantitative estimate of drug-likeness (QED) is 0.309. The Morgan fingerprint density at radius 2 is 1.50 bits per heavy atom. The number of aliphatic carboxylic acids is 1. The molecule has 0 radical (unpaired) electrons. The average Bonchev–Trinajstić information content (AvgIpc) is 2.94. The van der Waals surface area contributed by atoms with Crippen molar-refractivity contribution in [2.45, 2.75) is 18.0 Å². The Morgan fingerprint density at radius 1 is 0.929 bits per heavy atom. The van der Waals surface area contributed by atoms with Crippen LogP contribution >= 0.6 is 0 Å². The highest BCUT2D eigenvalue weighted by atomic mass is 32.2. The number of alkyl halides is 3. The molecule has 15 heteroatoms. The summed E-state index contributed by atoms with van der Waals surface area (Å²) in [7, 11) is -4.08. The molecule has 1 aliphatic rings. The van der Waals surface area contributed by atoms with Crippen LogP contribution in [0.25, 0.3) is 0 Å². The molecule has 10 nitrogen and oxygen atoms in total. The van der Waals surface area contributed by atoms with Crippen molar-refractivity contribution in [3.8, 4) is 5.75 Å². The predicted molar refractivity (Wildman–Crippen MR) is 146 cm³/mol. The molecule has 0 aromatic heterocycles. The van der Waals surface area contributed by atoms with Gasteiger partial charge in [0, 0.05) is 31.9 Å². The van der Waals surface area contributed by atoms with E-state index in [2.05, 4.69) is 14.5 Å². The van der Waals surface area contributed by atoms with Crippen molar-refractivity contribution in [1.82, 2.24) is 0 Å². The Hall–Kier alpha value is -4.53. The minimum absolute atomic E-state index is 0.0603. The number of piperazine rings is 1. The summed E-state index contributed by atoms with van der Waals surface area (Å²) in [5.74, 6) is -3.75. The van der Waals surface area contributed by atoms with E-state index < -0.39 is 34.0 Å². The lowest BCUT2D eigenvalue weighted by molar-refractivity contribution is -0.192. The summed E-state index contributed by atoms with van der Waals surface area (Å²) in [6, 6.07) is 16.8. The lowest BCUT2D eigenvalue weighted by Gasteiger charge is -2.38. The molecule has 4 rings (SSSR count). The number of aromatic carboxylic acids is 1. The first-order valence-corrected chi connectivity index (χ1v) is 13.9. The number of sulfonamides is 1. The van der Waals surface area contributed by atoms with Gasteiger partial charge in [-0.15, -0.1) is 0 Å². The molecule has 0 unspecified atom stereocenters. The van der Waals surface area contributed by atoms with Gasteiger partial charge in [-0.3, -0.25) is 4.72 Å². The highest BCUT2D eigenvalue weighted by Gasteiger charge is 2.38. The van der Waals surface area contributed by atoms with E-state index in [1.54, 1.807) is 6.07 Å². The van der Waals surface area contributed by atoms with Crippen LogP contribution in [0.15, 0.2) is 71.6 Å². The van der Waals surface area contributed by atoms with Crippen molar-refractivity contribution in [1.29, 1.82) is 0 Å². The van der Waals surface area contributed by atoms with Crippen LogP contribution in [-0.2, 0) is 14.8 Å². The summed E-state index contributed by atoms with van der Waals surface area (Å²) >= 11 is 0. The van der Waals surface area contributed by atoms with Crippen molar-refractivity contribution >= 4 is 39.0 Å². The molecule has 0 amide bonds. The molecule has 1 saturated heterocycles. The first-order chi connectivity index (χ1) is 19.7. The fraction of sp³-hybridized carbons (Fsp3) is 0.259. The summed E-state index contributed by atoms with van der Waals surface area (Å²) in [6.07, 6.45) is -5.08. The third-order valence-corrected chi connectivity index (χ3v) is 7.38. The van der Waals surface area contributed by atoms with Crippen LogP contribution in [0.4, 0.5) is 34.6 Å². The molecule has 0 bridgehead atoms. The van der Waals surface area contributed by atoms with E-state index in [0.29, 0.717) is 38.5 Å². The van der Waals surface area contributed by atoms with Gasteiger partial charge < -0.3 is 24.7 Å². The molecule has 0 saturated carbocycles. The number of carboxylic acid groups (broad SMARTS) is 2. The van der Waals surface area contributed by atoms with E-state index in [9.17, 15) is 35.9 Å². The van der Waals surface area contributed by atoms with Crippen LogP contribution in [0.5, 0.6) is 5.75 Å². The van der Waals surface area contributed by atoms with Gasteiger partial charge in [-0.2, -0.15) is 13.2 Å². The third kappa shape index (κ3) is 8.25. The maximum absolute atomic E-state index is 13.2. The smallest absolute Gasteiger partial charge is 0.490 e. The van der Waals surface area contributed by atoms with Gasteiger partial charge in [0.25, 0.3) is 10.0 Å². The molecule has 0 aliphatic carbocycles. The monoisotopic (exact) mass is 613 g/mol. The number of ether oxygens (including phenoxy) is 1. The number of anilines is 3. The number of hydrogen-bond acceptors (Lipinski definition) is 7. The van der Waals surface area contributed by atoms with Crippen LogP contribution in [0, 0.1) is 5.82 Å². The molecular weight excluding hydrogens is 586 g/mol. The molecule has 42 heavy (non-hydrogen) atoms. The Bertz CT molecular complexity index is 1510. The largest absolute Gasteiger partial charge is 0.492 e. The lowest BCUT2D eigenvalue weighted by Crippen LogP contribution is -2.46. The molecule has 1 aliphatic heterocycles. The van der Waals surface area contributed by atoms with Gasteiger partial charge in [0.05, 0.1) is 28.4 Å². The van der Waals surface area contributed by atoms with E-state index in [1.807, 2.05) is 31.2 Å². The molecule has 3 N–H and O–H groups in total. The number of nitrogens with zero attached hydrogens (tertiary/aromatic N) is 2. The molecule has 0 atom stereocenters. The van der Waals surface area contributed by atoms with Gasteiger partial charge in [-0.05, 0) is 61.5 Å². The maximum Gasteiger partial charge on any atom is 0.490 e. The zero-order valence-electron chi connectivity index (χ0n) is 22.1. The first kappa shape index (κ1) is 32.0. The van der Waals surface area contributed by atoms with Gasteiger partial charge in [0.2, 0.25) is 0 Å². The zero-order valence-corrected chi connectivity index (χ0v) is 23.0. The molecule has 0 spiro atoms. The first-order valence-electron chi connectivity index (χ1n) is 12.4. The van der Waals surface area contributed by atoms with E-state index >= 15 is 0 Å². The minimum Gasteiger partial charge on any atom is -0.492 e. The number of benzene rings is 3. The normalized spacial score (nSPS) is 13.5. The van der Waals surface area contributed by atoms with Crippen LogP contribution in [0.2, 0.25) is 0 Å². The number of hydrogen-bond donors (Lipinski definition) is 3. The van der Waals surface area contributed by atoms with E-state index in [-0.39, 0.29) is 16.1 Å². The highest BCUT2D eigenvalue weighted by molar-refractivity contribution is 7.92. The second-order valence-electron chi connectivity index (χ2n) is 8.77. The van der Waals surface area contributed by atoms with Gasteiger partial charge in [-0.25, -0.2) is 22.4 Å².